The molecule has 5 heteroatoms. The van der Waals surface area contributed by atoms with Gasteiger partial charge in [0.25, 0.3) is 0 Å². The summed E-state index contributed by atoms with van der Waals surface area (Å²) in [6.45, 7) is 9.30. The summed E-state index contributed by atoms with van der Waals surface area (Å²) in [5, 5.41) is 3.68. The maximum absolute atomic E-state index is 5.88. The fourth-order valence-electron chi connectivity index (χ4n) is 3.28. The Kier molecular flexibility index (Phi) is 5.86. The van der Waals surface area contributed by atoms with Gasteiger partial charge in [-0.15, -0.1) is 0 Å². The number of piperidine rings is 1. The second kappa shape index (κ2) is 8.08. The first kappa shape index (κ1) is 16.7. The normalized spacial score (nSPS) is 23.5. The van der Waals surface area contributed by atoms with Crippen LogP contribution in [-0.4, -0.2) is 54.4 Å². The van der Waals surface area contributed by atoms with Gasteiger partial charge in [-0.05, 0) is 51.4 Å². The number of hydrogen-bond acceptors (Lipinski definition) is 5. The molecule has 2 saturated heterocycles. The molecule has 2 aliphatic rings. The molecular formula is C18H29N3O2. The Morgan fingerprint density at radius 2 is 2.17 bits per heavy atom. The molecule has 0 amide bonds. The van der Waals surface area contributed by atoms with E-state index in [0.29, 0.717) is 18.7 Å². The zero-order chi connectivity index (χ0) is 16.1. The van der Waals surface area contributed by atoms with E-state index in [1.807, 2.05) is 6.20 Å². The highest BCUT2D eigenvalue weighted by Gasteiger charge is 2.20. The third kappa shape index (κ3) is 4.90. The van der Waals surface area contributed by atoms with Crippen molar-refractivity contribution in [3.05, 3.63) is 23.9 Å². The second-order valence-corrected chi connectivity index (χ2v) is 6.89. The molecule has 128 valence electrons. The van der Waals surface area contributed by atoms with Gasteiger partial charge in [0.05, 0.1) is 13.2 Å². The van der Waals surface area contributed by atoms with Gasteiger partial charge in [-0.25, -0.2) is 4.98 Å². The summed E-state index contributed by atoms with van der Waals surface area (Å²) in [4.78, 5) is 6.87. The highest BCUT2D eigenvalue weighted by atomic mass is 16.5. The van der Waals surface area contributed by atoms with Crippen LogP contribution in [0.3, 0.4) is 0 Å². The van der Waals surface area contributed by atoms with Gasteiger partial charge in [-0.2, -0.15) is 0 Å². The minimum Gasteiger partial charge on any atom is -0.472 e. The summed E-state index contributed by atoms with van der Waals surface area (Å²) in [7, 11) is 0. The molecule has 0 bridgehead atoms. The van der Waals surface area contributed by atoms with Crippen molar-refractivity contribution in [2.45, 2.75) is 57.8 Å². The standard InChI is InChI=1S/C18H29N3O2/c1-14(2)21-8-4-16(5-9-21)20-12-15-3-7-19-18(11-15)23-17-6-10-22-13-17/h3,7,11,14,16-17,20H,4-6,8-10,12-13H2,1-2H3/t17-/m1/s1. The molecule has 0 spiro atoms. The molecule has 2 fully saturated rings. The Bertz CT molecular complexity index is 481. The highest BCUT2D eigenvalue weighted by Crippen LogP contribution is 2.17. The number of hydrogen-bond donors (Lipinski definition) is 1. The Hall–Kier alpha value is -1.17. The van der Waals surface area contributed by atoms with Crippen LogP contribution in [0, 0.1) is 0 Å². The van der Waals surface area contributed by atoms with Crippen LogP contribution in [0.2, 0.25) is 0 Å². The molecule has 1 aromatic heterocycles. The number of likely N-dealkylation sites (tertiary alicyclic amines) is 1. The van der Waals surface area contributed by atoms with Crippen LogP contribution >= 0.6 is 0 Å². The van der Waals surface area contributed by atoms with E-state index in [1.54, 1.807) is 0 Å². The summed E-state index contributed by atoms with van der Waals surface area (Å²) in [6.07, 6.45) is 5.41. The predicted octanol–water partition coefficient (Wildman–Crippen LogP) is 2.21. The topological polar surface area (TPSA) is 46.6 Å². The van der Waals surface area contributed by atoms with Gasteiger partial charge >= 0.3 is 0 Å². The van der Waals surface area contributed by atoms with E-state index in [0.717, 1.165) is 25.5 Å². The maximum atomic E-state index is 5.88. The molecule has 1 N–H and O–H groups in total. The average Bonchev–Trinajstić information content (AvgIpc) is 3.07. The lowest BCUT2D eigenvalue weighted by atomic mass is 10.0. The third-order valence-electron chi connectivity index (χ3n) is 4.83. The Labute approximate surface area is 139 Å². The lowest BCUT2D eigenvalue weighted by molar-refractivity contribution is 0.138. The van der Waals surface area contributed by atoms with Crippen molar-refractivity contribution in [3.8, 4) is 5.88 Å². The van der Waals surface area contributed by atoms with E-state index in [-0.39, 0.29) is 6.10 Å². The number of nitrogens with zero attached hydrogens (tertiary/aromatic N) is 2. The Balaban J connectivity index is 1.45. The molecular weight excluding hydrogens is 290 g/mol. The van der Waals surface area contributed by atoms with Gasteiger partial charge in [0.15, 0.2) is 0 Å². The van der Waals surface area contributed by atoms with Gasteiger partial charge in [-0.1, -0.05) is 0 Å². The predicted molar refractivity (Wildman–Crippen MR) is 90.7 cm³/mol. The van der Waals surface area contributed by atoms with E-state index in [1.165, 1.54) is 31.5 Å². The molecule has 2 aliphatic heterocycles. The molecule has 3 rings (SSSR count). The van der Waals surface area contributed by atoms with Crippen molar-refractivity contribution in [3.63, 3.8) is 0 Å². The van der Waals surface area contributed by atoms with Crippen molar-refractivity contribution < 1.29 is 9.47 Å². The summed E-state index contributed by atoms with van der Waals surface area (Å²) in [5.74, 6) is 0.717. The molecule has 1 aromatic rings. The Morgan fingerprint density at radius 3 is 2.87 bits per heavy atom. The largest absolute Gasteiger partial charge is 0.472 e. The quantitative estimate of drug-likeness (QED) is 0.871. The fraction of sp³-hybridized carbons (Fsp3) is 0.722. The van der Waals surface area contributed by atoms with Gasteiger partial charge in [0.1, 0.15) is 6.10 Å². The number of aromatic nitrogens is 1. The van der Waals surface area contributed by atoms with Crippen LogP contribution in [0.4, 0.5) is 0 Å². The van der Waals surface area contributed by atoms with Crippen LogP contribution in [0.5, 0.6) is 5.88 Å². The molecule has 5 nitrogen and oxygen atoms in total. The van der Waals surface area contributed by atoms with Gasteiger partial charge in [0, 0.05) is 37.3 Å². The molecule has 0 aromatic carbocycles. The van der Waals surface area contributed by atoms with Crippen LogP contribution in [-0.2, 0) is 11.3 Å². The van der Waals surface area contributed by atoms with Crippen molar-refractivity contribution in [1.82, 2.24) is 15.2 Å². The van der Waals surface area contributed by atoms with Crippen molar-refractivity contribution in [1.29, 1.82) is 0 Å². The lowest BCUT2D eigenvalue weighted by Crippen LogP contribution is -2.44. The fourth-order valence-corrected chi connectivity index (χ4v) is 3.28. The second-order valence-electron chi connectivity index (χ2n) is 6.89. The molecule has 0 radical (unpaired) electrons. The van der Waals surface area contributed by atoms with Crippen LogP contribution in [0.25, 0.3) is 0 Å². The van der Waals surface area contributed by atoms with E-state index in [9.17, 15) is 0 Å². The summed E-state index contributed by atoms with van der Waals surface area (Å²) < 4.78 is 11.2. The first-order valence-electron chi connectivity index (χ1n) is 8.87. The summed E-state index contributed by atoms with van der Waals surface area (Å²) in [5.41, 5.74) is 1.24. The van der Waals surface area contributed by atoms with Crippen LogP contribution in [0.15, 0.2) is 18.3 Å². The van der Waals surface area contributed by atoms with Gasteiger partial charge < -0.3 is 19.7 Å². The molecule has 23 heavy (non-hydrogen) atoms. The SMILES string of the molecule is CC(C)N1CCC(NCc2ccnc(O[C@@H]3CCOC3)c2)CC1. The molecule has 0 aliphatic carbocycles. The number of ether oxygens (including phenoxy) is 2. The van der Waals surface area contributed by atoms with E-state index in [2.05, 4.69) is 41.2 Å². The van der Waals surface area contributed by atoms with E-state index >= 15 is 0 Å². The van der Waals surface area contributed by atoms with Crippen molar-refractivity contribution >= 4 is 0 Å². The van der Waals surface area contributed by atoms with Crippen LogP contribution in [0.1, 0.15) is 38.7 Å². The zero-order valence-corrected chi connectivity index (χ0v) is 14.3. The smallest absolute Gasteiger partial charge is 0.213 e. The van der Waals surface area contributed by atoms with Gasteiger partial charge in [-0.3, -0.25) is 0 Å². The summed E-state index contributed by atoms with van der Waals surface area (Å²) >= 11 is 0. The highest BCUT2D eigenvalue weighted by molar-refractivity contribution is 5.20. The molecule has 3 heterocycles. The number of nitrogens with one attached hydrogen (secondary N) is 1. The van der Waals surface area contributed by atoms with Gasteiger partial charge in [0.2, 0.25) is 5.88 Å². The molecule has 0 saturated carbocycles. The molecule has 0 unspecified atom stereocenters. The third-order valence-corrected chi connectivity index (χ3v) is 4.83. The first-order valence-corrected chi connectivity index (χ1v) is 8.87. The van der Waals surface area contributed by atoms with E-state index in [4.69, 9.17) is 9.47 Å². The zero-order valence-electron chi connectivity index (χ0n) is 14.3. The number of rotatable bonds is 6. The van der Waals surface area contributed by atoms with Crippen molar-refractivity contribution in [2.24, 2.45) is 0 Å². The summed E-state index contributed by atoms with van der Waals surface area (Å²) in [6, 6.07) is 5.39. The maximum Gasteiger partial charge on any atom is 0.213 e. The number of pyridine rings is 1. The minimum atomic E-state index is 0.158. The van der Waals surface area contributed by atoms with Crippen LogP contribution < -0.4 is 10.1 Å². The molecule has 1 atom stereocenters. The minimum absolute atomic E-state index is 0.158. The van der Waals surface area contributed by atoms with E-state index < -0.39 is 0 Å². The Morgan fingerprint density at radius 1 is 1.35 bits per heavy atom. The monoisotopic (exact) mass is 319 g/mol. The lowest BCUT2D eigenvalue weighted by Gasteiger charge is -2.35. The first-order chi connectivity index (χ1) is 11.2. The van der Waals surface area contributed by atoms with Crippen molar-refractivity contribution in [2.75, 3.05) is 26.3 Å². The average molecular weight is 319 g/mol.